The van der Waals surface area contributed by atoms with E-state index >= 15 is 0 Å². The van der Waals surface area contributed by atoms with Gasteiger partial charge >= 0.3 is 0 Å². The Morgan fingerprint density at radius 3 is 2.04 bits per heavy atom. The van der Waals surface area contributed by atoms with Crippen molar-refractivity contribution in [3.63, 3.8) is 0 Å². The maximum absolute atomic E-state index is 11.3. The zero-order chi connectivity index (χ0) is 16.8. The van der Waals surface area contributed by atoms with Gasteiger partial charge in [0.2, 0.25) is 0 Å². The van der Waals surface area contributed by atoms with Crippen LogP contribution in [0.2, 0.25) is 0 Å². The van der Waals surface area contributed by atoms with Gasteiger partial charge in [0.05, 0.1) is 0 Å². The van der Waals surface area contributed by atoms with E-state index in [9.17, 15) is 4.79 Å². The Morgan fingerprint density at radius 2 is 1.42 bits per heavy atom. The van der Waals surface area contributed by atoms with Crippen LogP contribution in [0.25, 0.3) is 11.1 Å². The highest BCUT2D eigenvalue weighted by atomic mass is 16.5. The molecule has 0 aliphatic rings. The monoisotopic (exact) mass is 318 g/mol. The fourth-order valence-electron chi connectivity index (χ4n) is 2.45. The lowest BCUT2D eigenvalue weighted by molar-refractivity contribution is 0.0706. The van der Waals surface area contributed by atoms with Crippen molar-refractivity contribution in [1.29, 1.82) is 0 Å². The lowest BCUT2D eigenvalue weighted by atomic mass is 10.1. The summed E-state index contributed by atoms with van der Waals surface area (Å²) in [6.45, 7) is 0.658. The van der Waals surface area contributed by atoms with Crippen molar-refractivity contribution >= 4 is 11.6 Å². The fraction of sp³-hybridized carbons (Fsp3) is 0.0500. The second-order valence-corrected chi connectivity index (χ2v) is 5.43. The van der Waals surface area contributed by atoms with Crippen molar-refractivity contribution in [2.24, 2.45) is 0 Å². The standard InChI is InChI=1S/C20H18N2O2/c23-20(22-24)18-8-6-15(7-9-18)14-21-19-12-10-17(11-13-19)16-4-2-1-3-5-16/h1-13,21,24H,14H2,(H,22,23). The lowest BCUT2D eigenvalue weighted by Gasteiger charge is -2.08. The van der Waals surface area contributed by atoms with Gasteiger partial charge in [0.1, 0.15) is 0 Å². The molecule has 4 heteroatoms. The van der Waals surface area contributed by atoms with E-state index in [-0.39, 0.29) is 0 Å². The van der Waals surface area contributed by atoms with E-state index in [1.165, 1.54) is 11.1 Å². The van der Waals surface area contributed by atoms with Crippen LogP contribution >= 0.6 is 0 Å². The van der Waals surface area contributed by atoms with E-state index in [0.29, 0.717) is 12.1 Å². The molecule has 0 bridgehead atoms. The number of hydrogen-bond acceptors (Lipinski definition) is 3. The third-order valence-electron chi connectivity index (χ3n) is 3.81. The maximum Gasteiger partial charge on any atom is 0.274 e. The van der Waals surface area contributed by atoms with Gasteiger partial charge in [-0.1, -0.05) is 54.6 Å². The average Bonchev–Trinajstić information content (AvgIpc) is 2.67. The number of benzene rings is 3. The minimum atomic E-state index is -0.508. The highest BCUT2D eigenvalue weighted by Crippen LogP contribution is 2.21. The molecular weight excluding hydrogens is 300 g/mol. The van der Waals surface area contributed by atoms with E-state index in [1.54, 1.807) is 17.6 Å². The first-order valence-electron chi connectivity index (χ1n) is 7.69. The van der Waals surface area contributed by atoms with Crippen LogP contribution in [-0.4, -0.2) is 11.1 Å². The normalized spacial score (nSPS) is 10.2. The topological polar surface area (TPSA) is 61.4 Å². The summed E-state index contributed by atoms with van der Waals surface area (Å²) in [6, 6.07) is 25.6. The molecule has 0 spiro atoms. The zero-order valence-electron chi connectivity index (χ0n) is 13.1. The Balaban J connectivity index is 1.61. The van der Waals surface area contributed by atoms with Gasteiger partial charge in [-0.05, 0) is 41.0 Å². The lowest BCUT2D eigenvalue weighted by Crippen LogP contribution is -2.18. The summed E-state index contributed by atoms with van der Waals surface area (Å²) in [7, 11) is 0. The Morgan fingerprint density at radius 1 is 0.792 bits per heavy atom. The van der Waals surface area contributed by atoms with E-state index in [2.05, 4.69) is 41.7 Å². The average molecular weight is 318 g/mol. The van der Waals surface area contributed by atoms with Gasteiger partial charge in [0.15, 0.2) is 0 Å². The van der Waals surface area contributed by atoms with Crippen molar-refractivity contribution in [2.75, 3.05) is 5.32 Å². The van der Waals surface area contributed by atoms with Gasteiger partial charge in [0.25, 0.3) is 5.91 Å². The summed E-state index contributed by atoms with van der Waals surface area (Å²) in [5.41, 5.74) is 6.51. The number of carbonyl (C=O) groups is 1. The second-order valence-electron chi connectivity index (χ2n) is 5.43. The molecule has 0 heterocycles. The Bertz CT molecular complexity index is 797. The molecule has 0 aliphatic heterocycles. The van der Waals surface area contributed by atoms with Crippen LogP contribution in [0.3, 0.4) is 0 Å². The number of amides is 1. The first-order valence-corrected chi connectivity index (χ1v) is 7.69. The maximum atomic E-state index is 11.3. The van der Waals surface area contributed by atoms with Gasteiger partial charge in [-0.3, -0.25) is 10.0 Å². The van der Waals surface area contributed by atoms with Crippen LogP contribution in [0.4, 0.5) is 5.69 Å². The SMILES string of the molecule is O=C(NO)c1ccc(CNc2ccc(-c3ccccc3)cc2)cc1. The van der Waals surface area contributed by atoms with E-state index in [4.69, 9.17) is 5.21 Å². The second kappa shape index (κ2) is 7.44. The molecule has 0 radical (unpaired) electrons. The largest absolute Gasteiger partial charge is 0.381 e. The molecule has 0 fully saturated rings. The van der Waals surface area contributed by atoms with Gasteiger partial charge in [-0.25, -0.2) is 5.48 Å². The van der Waals surface area contributed by atoms with E-state index < -0.39 is 5.91 Å². The molecule has 1 amide bonds. The zero-order valence-corrected chi connectivity index (χ0v) is 13.1. The minimum absolute atomic E-state index is 0.425. The Kier molecular flexibility index (Phi) is 4.89. The number of nitrogens with one attached hydrogen (secondary N) is 2. The third kappa shape index (κ3) is 3.80. The van der Waals surface area contributed by atoms with Crippen LogP contribution in [0.15, 0.2) is 78.9 Å². The molecule has 0 aliphatic carbocycles. The third-order valence-corrected chi connectivity index (χ3v) is 3.81. The van der Waals surface area contributed by atoms with Crippen LogP contribution < -0.4 is 10.8 Å². The van der Waals surface area contributed by atoms with Crippen molar-refractivity contribution < 1.29 is 10.0 Å². The number of hydroxylamine groups is 1. The van der Waals surface area contributed by atoms with Gasteiger partial charge < -0.3 is 5.32 Å². The summed E-state index contributed by atoms with van der Waals surface area (Å²) in [4.78, 5) is 11.3. The summed E-state index contributed by atoms with van der Waals surface area (Å²) in [5, 5.41) is 12.0. The predicted molar refractivity (Wildman–Crippen MR) is 94.9 cm³/mol. The van der Waals surface area contributed by atoms with Crippen molar-refractivity contribution in [1.82, 2.24) is 5.48 Å². The number of carbonyl (C=O) groups excluding carboxylic acids is 1. The minimum Gasteiger partial charge on any atom is -0.381 e. The molecule has 3 aromatic rings. The molecule has 3 aromatic carbocycles. The van der Waals surface area contributed by atoms with Crippen LogP contribution in [0.5, 0.6) is 0 Å². The molecule has 0 unspecified atom stereocenters. The van der Waals surface area contributed by atoms with E-state index in [1.807, 2.05) is 30.3 Å². The quantitative estimate of drug-likeness (QED) is 0.490. The first kappa shape index (κ1) is 15.8. The van der Waals surface area contributed by atoms with Crippen molar-refractivity contribution in [3.05, 3.63) is 90.0 Å². The molecule has 0 saturated carbocycles. The molecule has 120 valence electrons. The highest BCUT2D eigenvalue weighted by Gasteiger charge is 2.03. The van der Waals surface area contributed by atoms with Gasteiger partial charge in [-0.15, -0.1) is 0 Å². The summed E-state index contributed by atoms with van der Waals surface area (Å²) in [6.07, 6.45) is 0. The van der Waals surface area contributed by atoms with Crippen LogP contribution in [0, 0.1) is 0 Å². The molecule has 3 N–H and O–H groups in total. The summed E-state index contributed by atoms with van der Waals surface area (Å²) < 4.78 is 0. The first-order chi connectivity index (χ1) is 11.8. The summed E-state index contributed by atoms with van der Waals surface area (Å²) >= 11 is 0. The number of anilines is 1. The Labute approximate surface area is 140 Å². The highest BCUT2D eigenvalue weighted by molar-refractivity contribution is 5.93. The molecule has 24 heavy (non-hydrogen) atoms. The van der Waals surface area contributed by atoms with E-state index in [0.717, 1.165) is 11.3 Å². The molecule has 4 nitrogen and oxygen atoms in total. The number of rotatable bonds is 5. The predicted octanol–water partition coefficient (Wildman–Crippen LogP) is 4.08. The molecule has 0 aromatic heterocycles. The van der Waals surface area contributed by atoms with Crippen LogP contribution in [0.1, 0.15) is 15.9 Å². The van der Waals surface area contributed by atoms with Crippen molar-refractivity contribution in [3.8, 4) is 11.1 Å². The number of hydrogen-bond donors (Lipinski definition) is 3. The molecule has 0 atom stereocenters. The Hall–Kier alpha value is -3.11. The smallest absolute Gasteiger partial charge is 0.274 e. The van der Waals surface area contributed by atoms with Gasteiger partial charge in [0, 0.05) is 17.8 Å². The molecular formula is C20H18N2O2. The molecule has 0 saturated heterocycles. The summed E-state index contributed by atoms with van der Waals surface area (Å²) in [5.74, 6) is -0.508. The van der Waals surface area contributed by atoms with Crippen molar-refractivity contribution in [2.45, 2.75) is 6.54 Å². The van der Waals surface area contributed by atoms with Crippen LogP contribution in [-0.2, 0) is 6.54 Å². The molecule has 3 rings (SSSR count). The fourth-order valence-corrected chi connectivity index (χ4v) is 2.45. The van der Waals surface area contributed by atoms with Gasteiger partial charge in [-0.2, -0.15) is 0 Å².